The molecule has 3 unspecified atom stereocenters. The molecule has 120 valence electrons. The molecular formula is C15H27ClN4O. The topological polar surface area (TPSA) is 42.3 Å². The van der Waals surface area contributed by atoms with Crippen LogP contribution >= 0.6 is 11.6 Å². The normalized spacial score (nSPS) is 23.9. The first-order chi connectivity index (χ1) is 10.0. The van der Waals surface area contributed by atoms with Crippen molar-refractivity contribution in [3.05, 3.63) is 16.9 Å². The third-order valence-electron chi connectivity index (χ3n) is 3.95. The van der Waals surface area contributed by atoms with E-state index in [4.69, 9.17) is 16.3 Å². The van der Waals surface area contributed by atoms with Gasteiger partial charge in [0.15, 0.2) is 0 Å². The number of nitrogens with one attached hydrogen (secondary N) is 1. The molecule has 1 N–H and O–H groups in total. The summed E-state index contributed by atoms with van der Waals surface area (Å²) >= 11 is 6.41. The van der Waals surface area contributed by atoms with E-state index in [2.05, 4.69) is 43.3 Å². The van der Waals surface area contributed by atoms with Gasteiger partial charge < -0.3 is 15.0 Å². The lowest BCUT2D eigenvalue weighted by Gasteiger charge is -2.26. The highest BCUT2D eigenvalue weighted by atomic mass is 35.5. The molecule has 1 fully saturated rings. The molecule has 0 aliphatic carbocycles. The van der Waals surface area contributed by atoms with Crippen LogP contribution in [-0.2, 0) is 11.3 Å². The molecular weight excluding hydrogens is 288 g/mol. The molecule has 0 saturated carbocycles. The van der Waals surface area contributed by atoms with Crippen molar-refractivity contribution in [1.82, 2.24) is 20.0 Å². The predicted molar refractivity (Wildman–Crippen MR) is 85.8 cm³/mol. The largest absolute Gasteiger partial charge is 0.373 e. The first-order valence-electron chi connectivity index (χ1n) is 7.77. The number of hydrogen-bond donors (Lipinski definition) is 1. The monoisotopic (exact) mass is 314 g/mol. The summed E-state index contributed by atoms with van der Waals surface area (Å²) in [4.78, 5) is 2.15. The Hall–Kier alpha value is -0.620. The zero-order chi connectivity index (χ0) is 15.4. The summed E-state index contributed by atoms with van der Waals surface area (Å²) in [6.07, 6.45) is 4.42. The summed E-state index contributed by atoms with van der Waals surface area (Å²) in [5.41, 5.74) is 1.06. The van der Waals surface area contributed by atoms with Gasteiger partial charge in [-0.25, -0.2) is 0 Å². The van der Waals surface area contributed by atoms with Gasteiger partial charge in [0.25, 0.3) is 0 Å². The van der Waals surface area contributed by atoms with Gasteiger partial charge in [-0.05, 0) is 40.4 Å². The van der Waals surface area contributed by atoms with E-state index in [0.717, 1.165) is 43.2 Å². The summed E-state index contributed by atoms with van der Waals surface area (Å²) in [7, 11) is 4.13. The van der Waals surface area contributed by atoms with Gasteiger partial charge in [-0.2, -0.15) is 5.10 Å². The van der Waals surface area contributed by atoms with Gasteiger partial charge in [0, 0.05) is 6.54 Å². The number of ether oxygens (including phenoxy) is 1. The molecule has 1 saturated heterocycles. The Bertz CT molecular complexity index is 449. The van der Waals surface area contributed by atoms with Crippen LogP contribution in [0.15, 0.2) is 6.20 Å². The minimum Gasteiger partial charge on any atom is -0.373 e. The SMILES string of the molecule is CCNC(c1c(Cl)cnn1CCN(C)C)C1CCC(C)O1. The standard InChI is InChI=1S/C15H27ClN4O/c1-5-17-14(13-7-6-11(2)21-13)15-12(16)10-18-20(15)9-8-19(3)4/h10-11,13-14,17H,5-9H2,1-4H3. The molecule has 0 spiro atoms. The highest BCUT2D eigenvalue weighted by molar-refractivity contribution is 6.31. The summed E-state index contributed by atoms with van der Waals surface area (Å²) < 4.78 is 8.08. The van der Waals surface area contributed by atoms with Crippen molar-refractivity contribution in [3.63, 3.8) is 0 Å². The maximum atomic E-state index is 6.41. The van der Waals surface area contributed by atoms with Gasteiger partial charge in [-0.1, -0.05) is 18.5 Å². The van der Waals surface area contributed by atoms with Gasteiger partial charge in [0.2, 0.25) is 0 Å². The van der Waals surface area contributed by atoms with E-state index in [9.17, 15) is 0 Å². The van der Waals surface area contributed by atoms with E-state index in [0.29, 0.717) is 6.10 Å². The highest BCUT2D eigenvalue weighted by Crippen LogP contribution is 2.33. The van der Waals surface area contributed by atoms with E-state index in [1.165, 1.54) is 0 Å². The minimum atomic E-state index is 0.108. The van der Waals surface area contributed by atoms with Crippen molar-refractivity contribution >= 4 is 11.6 Å². The number of likely N-dealkylation sites (N-methyl/N-ethyl adjacent to an activating group) is 2. The van der Waals surface area contributed by atoms with E-state index in [-0.39, 0.29) is 12.1 Å². The molecule has 1 aliphatic rings. The third kappa shape index (κ3) is 4.19. The molecule has 6 heteroatoms. The lowest BCUT2D eigenvalue weighted by molar-refractivity contribution is 0.0299. The summed E-state index contributed by atoms with van der Waals surface area (Å²) in [6.45, 7) is 6.90. The maximum absolute atomic E-state index is 6.41. The maximum Gasteiger partial charge on any atom is 0.0835 e. The highest BCUT2D eigenvalue weighted by Gasteiger charge is 2.33. The van der Waals surface area contributed by atoms with E-state index in [1.807, 2.05) is 4.68 Å². The van der Waals surface area contributed by atoms with E-state index >= 15 is 0 Å². The Balaban J connectivity index is 2.20. The van der Waals surface area contributed by atoms with Gasteiger partial charge in [0.05, 0.1) is 41.7 Å². The van der Waals surface area contributed by atoms with Crippen molar-refractivity contribution in [2.45, 2.75) is 51.5 Å². The molecule has 1 aromatic rings. The Morgan fingerprint density at radius 1 is 1.52 bits per heavy atom. The fraction of sp³-hybridized carbons (Fsp3) is 0.800. The average molecular weight is 315 g/mol. The summed E-state index contributed by atoms with van der Waals surface area (Å²) in [6, 6.07) is 0.108. The number of hydrogen-bond acceptors (Lipinski definition) is 4. The quantitative estimate of drug-likeness (QED) is 0.838. The second kappa shape index (κ2) is 7.58. The molecule has 21 heavy (non-hydrogen) atoms. The molecule has 0 aromatic carbocycles. The van der Waals surface area contributed by atoms with Gasteiger partial charge >= 0.3 is 0 Å². The van der Waals surface area contributed by atoms with Crippen molar-refractivity contribution in [2.75, 3.05) is 27.2 Å². The van der Waals surface area contributed by atoms with E-state index in [1.54, 1.807) is 6.20 Å². The third-order valence-corrected chi connectivity index (χ3v) is 4.24. The van der Waals surface area contributed by atoms with Crippen LogP contribution in [0.1, 0.15) is 38.4 Å². The fourth-order valence-electron chi connectivity index (χ4n) is 2.86. The van der Waals surface area contributed by atoms with Crippen LogP contribution in [0.3, 0.4) is 0 Å². The van der Waals surface area contributed by atoms with Crippen molar-refractivity contribution in [2.24, 2.45) is 0 Å². The van der Waals surface area contributed by atoms with Gasteiger partial charge in [0.1, 0.15) is 0 Å². The van der Waals surface area contributed by atoms with Crippen LogP contribution in [0, 0.1) is 0 Å². The Kier molecular flexibility index (Phi) is 6.05. The van der Waals surface area contributed by atoms with Crippen molar-refractivity contribution in [3.8, 4) is 0 Å². The lowest BCUT2D eigenvalue weighted by atomic mass is 10.0. The molecule has 3 atom stereocenters. The zero-order valence-corrected chi connectivity index (χ0v) is 14.2. The van der Waals surface area contributed by atoms with Crippen LogP contribution < -0.4 is 5.32 Å². The summed E-state index contributed by atoms with van der Waals surface area (Å²) in [5.74, 6) is 0. The van der Waals surface area contributed by atoms with E-state index < -0.39 is 0 Å². The zero-order valence-electron chi connectivity index (χ0n) is 13.5. The van der Waals surface area contributed by atoms with Crippen LogP contribution in [0.25, 0.3) is 0 Å². The fourth-order valence-corrected chi connectivity index (χ4v) is 3.12. The molecule has 0 radical (unpaired) electrons. The second-order valence-electron chi connectivity index (χ2n) is 6.00. The first kappa shape index (κ1) is 16.7. The predicted octanol–water partition coefficient (Wildman–Crippen LogP) is 2.32. The minimum absolute atomic E-state index is 0.108. The number of halogens is 1. The smallest absolute Gasteiger partial charge is 0.0835 e. The van der Waals surface area contributed by atoms with Crippen LogP contribution in [-0.4, -0.2) is 54.1 Å². The molecule has 1 aliphatic heterocycles. The van der Waals surface area contributed by atoms with Gasteiger partial charge in [-0.15, -0.1) is 0 Å². The summed E-state index contributed by atoms with van der Waals surface area (Å²) in [5, 5.41) is 8.70. The molecule has 2 rings (SSSR count). The Morgan fingerprint density at radius 2 is 2.29 bits per heavy atom. The average Bonchev–Trinajstić information content (AvgIpc) is 3.00. The number of aromatic nitrogens is 2. The Labute approximate surface area is 132 Å². The molecule has 1 aromatic heterocycles. The molecule has 2 heterocycles. The Morgan fingerprint density at radius 3 is 2.86 bits per heavy atom. The van der Waals surface area contributed by atoms with Crippen LogP contribution in [0.5, 0.6) is 0 Å². The molecule has 0 bridgehead atoms. The van der Waals surface area contributed by atoms with Crippen molar-refractivity contribution in [1.29, 1.82) is 0 Å². The van der Waals surface area contributed by atoms with Gasteiger partial charge in [-0.3, -0.25) is 4.68 Å². The van der Waals surface area contributed by atoms with Crippen LogP contribution in [0.4, 0.5) is 0 Å². The van der Waals surface area contributed by atoms with Crippen LogP contribution in [0.2, 0.25) is 5.02 Å². The first-order valence-corrected chi connectivity index (χ1v) is 8.15. The number of rotatable bonds is 7. The number of nitrogens with zero attached hydrogens (tertiary/aromatic N) is 3. The second-order valence-corrected chi connectivity index (χ2v) is 6.41. The molecule has 0 amide bonds. The molecule has 5 nitrogen and oxygen atoms in total. The van der Waals surface area contributed by atoms with Crippen molar-refractivity contribution < 1.29 is 4.74 Å². The lowest BCUT2D eigenvalue weighted by Crippen LogP contribution is -2.34.